The van der Waals surface area contributed by atoms with Crippen molar-refractivity contribution in [2.24, 2.45) is 10.4 Å². The number of aliphatic imine (C=N–C) groups is 1. The van der Waals surface area contributed by atoms with Crippen molar-refractivity contribution in [3.63, 3.8) is 0 Å². The maximum absolute atomic E-state index is 11.7. The number of hydrogen-bond acceptors (Lipinski definition) is 3. The lowest BCUT2D eigenvalue weighted by Gasteiger charge is -2.41. The number of hydrogen-bond donors (Lipinski definition) is 2. The molecule has 0 aliphatic carbocycles. The Morgan fingerprint density at radius 1 is 1.52 bits per heavy atom. The van der Waals surface area contributed by atoms with E-state index in [1.54, 1.807) is 14.2 Å². The van der Waals surface area contributed by atoms with Crippen LogP contribution in [0.1, 0.15) is 30.9 Å². The van der Waals surface area contributed by atoms with E-state index < -0.39 is 0 Å². The van der Waals surface area contributed by atoms with E-state index in [0.717, 1.165) is 44.0 Å². The van der Waals surface area contributed by atoms with Gasteiger partial charge in [-0.15, -0.1) is 24.0 Å². The van der Waals surface area contributed by atoms with Crippen LogP contribution in [0.25, 0.3) is 0 Å². The summed E-state index contributed by atoms with van der Waals surface area (Å²) < 4.78 is 5.63. The number of piperidine rings is 1. The maximum Gasteiger partial charge on any atom is 0.220 e. The van der Waals surface area contributed by atoms with Gasteiger partial charge < -0.3 is 20.3 Å². The Kier molecular flexibility index (Phi) is 8.18. The minimum atomic E-state index is -0.112. The van der Waals surface area contributed by atoms with E-state index in [1.807, 2.05) is 24.3 Å². The van der Waals surface area contributed by atoms with Crippen LogP contribution >= 0.6 is 35.6 Å². The molecule has 150 valence electrons. The molecular weight excluding hydrogens is 479 g/mol. The highest BCUT2D eigenvalue weighted by Crippen LogP contribution is 2.36. The fourth-order valence-corrected chi connectivity index (χ4v) is 4.19. The van der Waals surface area contributed by atoms with Crippen LogP contribution in [0.5, 0.6) is 0 Å². The first-order chi connectivity index (χ1) is 12.5. The van der Waals surface area contributed by atoms with Crippen LogP contribution in [-0.2, 0) is 9.53 Å². The zero-order chi connectivity index (χ0) is 18.6. The van der Waals surface area contributed by atoms with Crippen molar-refractivity contribution in [2.45, 2.75) is 25.4 Å². The molecule has 2 fully saturated rings. The summed E-state index contributed by atoms with van der Waals surface area (Å²) >= 11 is 6.10. The molecule has 2 aliphatic rings. The van der Waals surface area contributed by atoms with Gasteiger partial charge in [0, 0.05) is 57.2 Å². The molecule has 0 aromatic heterocycles. The van der Waals surface area contributed by atoms with Crippen LogP contribution < -0.4 is 10.6 Å². The molecule has 1 aromatic carbocycles. The molecule has 0 saturated carbocycles. The molecule has 1 amide bonds. The Morgan fingerprint density at radius 2 is 2.33 bits per heavy atom. The average molecular weight is 507 g/mol. The van der Waals surface area contributed by atoms with E-state index >= 15 is 0 Å². The predicted octanol–water partition coefficient (Wildman–Crippen LogP) is 2.82. The van der Waals surface area contributed by atoms with Crippen LogP contribution in [0, 0.1) is 5.41 Å². The van der Waals surface area contributed by atoms with Crippen molar-refractivity contribution >= 4 is 47.4 Å². The monoisotopic (exact) mass is 506 g/mol. The molecule has 8 heteroatoms. The number of halogens is 2. The molecule has 27 heavy (non-hydrogen) atoms. The van der Waals surface area contributed by atoms with Crippen molar-refractivity contribution in [2.75, 3.05) is 40.3 Å². The lowest BCUT2D eigenvalue weighted by molar-refractivity contribution is -0.119. The summed E-state index contributed by atoms with van der Waals surface area (Å²) in [5, 5.41) is 7.11. The molecule has 3 rings (SSSR count). The first kappa shape index (κ1) is 22.2. The fourth-order valence-electron chi connectivity index (χ4n) is 3.99. The number of nitrogens with zero attached hydrogens (tertiary/aromatic N) is 2. The molecule has 1 spiro atoms. The summed E-state index contributed by atoms with van der Waals surface area (Å²) in [7, 11) is 3.49. The molecular formula is C19H28ClIN4O2. The number of rotatable bonds is 4. The number of benzene rings is 1. The van der Waals surface area contributed by atoms with Gasteiger partial charge >= 0.3 is 0 Å². The van der Waals surface area contributed by atoms with Crippen LogP contribution in [0.2, 0.25) is 5.02 Å². The average Bonchev–Trinajstić information content (AvgIpc) is 2.98. The van der Waals surface area contributed by atoms with Gasteiger partial charge in [-0.05, 0) is 30.5 Å². The third-order valence-electron chi connectivity index (χ3n) is 5.32. The van der Waals surface area contributed by atoms with Gasteiger partial charge in [-0.1, -0.05) is 23.7 Å². The molecule has 2 aliphatic heterocycles. The van der Waals surface area contributed by atoms with E-state index in [0.29, 0.717) is 18.0 Å². The summed E-state index contributed by atoms with van der Waals surface area (Å²) in [6.07, 6.45) is 2.66. The Morgan fingerprint density at radius 3 is 2.96 bits per heavy atom. The van der Waals surface area contributed by atoms with Gasteiger partial charge in [0.1, 0.15) is 0 Å². The molecule has 6 nitrogen and oxygen atoms in total. The first-order valence-corrected chi connectivity index (χ1v) is 9.44. The zero-order valence-corrected chi connectivity index (χ0v) is 18.9. The minimum absolute atomic E-state index is 0. The van der Waals surface area contributed by atoms with Gasteiger partial charge in [0.2, 0.25) is 5.91 Å². The smallest absolute Gasteiger partial charge is 0.220 e. The molecule has 1 aromatic rings. The minimum Gasteiger partial charge on any atom is -0.375 e. The Bertz CT molecular complexity index is 687. The number of carbonyl (C=O) groups excluding carboxylic acids is 1. The van der Waals surface area contributed by atoms with Crippen molar-refractivity contribution in [1.82, 2.24) is 15.5 Å². The third-order valence-corrected chi connectivity index (χ3v) is 5.55. The number of carbonyl (C=O) groups is 1. The van der Waals surface area contributed by atoms with Crippen molar-refractivity contribution in [3.8, 4) is 0 Å². The van der Waals surface area contributed by atoms with Gasteiger partial charge in [0.25, 0.3) is 0 Å². The number of methoxy groups -OCH3 is 1. The number of guanidine groups is 1. The summed E-state index contributed by atoms with van der Waals surface area (Å²) in [5.74, 6) is 1.02. The van der Waals surface area contributed by atoms with Gasteiger partial charge in [-0.25, -0.2) is 0 Å². The first-order valence-electron chi connectivity index (χ1n) is 9.06. The molecule has 0 radical (unpaired) electrons. The summed E-state index contributed by atoms with van der Waals surface area (Å²) in [6, 6.07) is 7.72. The zero-order valence-electron chi connectivity index (χ0n) is 15.8. The SMILES string of the molecule is CN=C(NCC(OC)c1cccc(Cl)c1)N1CCCC2(CNC(=O)C2)C1.I. The summed E-state index contributed by atoms with van der Waals surface area (Å²) in [5.41, 5.74) is 1.07. The molecule has 2 heterocycles. The lowest BCUT2D eigenvalue weighted by atomic mass is 9.79. The van der Waals surface area contributed by atoms with Crippen molar-refractivity contribution in [3.05, 3.63) is 34.9 Å². The van der Waals surface area contributed by atoms with Crippen LogP contribution in [0.3, 0.4) is 0 Å². The fraction of sp³-hybridized carbons (Fsp3) is 0.579. The van der Waals surface area contributed by atoms with E-state index in [4.69, 9.17) is 16.3 Å². The van der Waals surface area contributed by atoms with E-state index in [1.165, 1.54) is 0 Å². The summed E-state index contributed by atoms with van der Waals surface area (Å²) in [4.78, 5) is 18.4. The van der Waals surface area contributed by atoms with Gasteiger partial charge in [-0.2, -0.15) is 0 Å². The molecule has 2 saturated heterocycles. The molecule has 0 bridgehead atoms. The Balaban J connectivity index is 0.00000261. The van der Waals surface area contributed by atoms with Crippen molar-refractivity contribution < 1.29 is 9.53 Å². The highest BCUT2D eigenvalue weighted by atomic mass is 127. The third kappa shape index (κ3) is 5.48. The Labute approximate surface area is 183 Å². The number of likely N-dealkylation sites (tertiary alicyclic amines) is 1. The number of amides is 1. The maximum atomic E-state index is 11.7. The molecule has 2 N–H and O–H groups in total. The van der Waals surface area contributed by atoms with Crippen molar-refractivity contribution in [1.29, 1.82) is 0 Å². The van der Waals surface area contributed by atoms with E-state index in [9.17, 15) is 4.79 Å². The van der Waals surface area contributed by atoms with Gasteiger partial charge in [0.15, 0.2) is 5.96 Å². The highest BCUT2D eigenvalue weighted by Gasteiger charge is 2.42. The van der Waals surface area contributed by atoms with Crippen LogP contribution in [-0.4, -0.2) is 57.1 Å². The topological polar surface area (TPSA) is 66.0 Å². The van der Waals surface area contributed by atoms with E-state index in [2.05, 4.69) is 20.5 Å². The van der Waals surface area contributed by atoms with Crippen LogP contribution in [0.15, 0.2) is 29.3 Å². The largest absolute Gasteiger partial charge is 0.375 e. The molecule has 2 atom stereocenters. The number of nitrogens with one attached hydrogen (secondary N) is 2. The normalized spacial score (nSPS) is 23.7. The second kappa shape index (κ2) is 9.93. The van der Waals surface area contributed by atoms with Gasteiger partial charge in [-0.3, -0.25) is 9.79 Å². The van der Waals surface area contributed by atoms with E-state index in [-0.39, 0.29) is 41.4 Å². The van der Waals surface area contributed by atoms with Gasteiger partial charge in [0.05, 0.1) is 6.10 Å². The second-order valence-electron chi connectivity index (χ2n) is 7.19. The summed E-state index contributed by atoms with van der Waals surface area (Å²) in [6.45, 7) is 3.16. The van der Waals surface area contributed by atoms with Crippen LogP contribution in [0.4, 0.5) is 0 Å². The lowest BCUT2D eigenvalue weighted by Crippen LogP contribution is -2.51. The molecule has 2 unspecified atom stereocenters. The Hall–Kier alpha value is -1.06. The number of ether oxygens (including phenoxy) is 1. The predicted molar refractivity (Wildman–Crippen MR) is 119 cm³/mol. The highest BCUT2D eigenvalue weighted by molar-refractivity contribution is 14.0. The second-order valence-corrected chi connectivity index (χ2v) is 7.62. The standard InChI is InChI=1S/C19H27ClN4O2.HI/c1-21-18(22-11-16(26-2)14-5-3-6-15(20)9-14)24-8-4-7-19(13-24)10-17(25)23-12-19;/h3,5-6,9,16H,4,7-8,10-13H2,1-2H3,(H,21,22)(H,23,25);1H. The quantitative estimate of drug-likeness (QED) is 0.374.